The molecule has 0 aliphatic carbocycles. The van der Waals surface area contributed by atoms with Crippen molar-refractivity contribution in [1.82, 2.24) is 4.90 Å². The highest BCUT2D eigenvalue weighted by atomic mass is 127. The molecule has 0 saturated heterocycles. The van der Waals surface area contributed by atoms with Gasteiger partial charge in [0.15, 0.2) is 12.1 Å². The molecule has 0 saturated carbocycles. The largest absolute Gasteiger partial charge is 0.479 e. The molecule has 204 valence electrons. The van der Waals surface area contributed by atoms with Crippen LogP contribution in [0.3, 0.4) is 0 Å². The number of carbonyl (C=O) groups is 3. The summed E-state index contributed by atoms with van der Waals surface area (Å²) in [6.45, 7) is 0. The number of anilines is 1. The smallest absolute Gasteiger partial charge is 0.416 e. The van der Waals surface area contributed by atoms with Crippen molar-refractivity contribution < 1.29 is 37.1 Å². The normalized spacial score (nSPS) is 16.2. The summed E-state index contributed by atoms with van der Waals surface area (Å²) in [4.78, 5) is 41.2. The number of carboxylic acid groups (broad SMARTS) is 1. The van der Waals surface area contributed by atoms with E-state index >= 15 is 0 Å². The first-order valence-electron chi connectivity index (χ1n) is 11.6. The molecular formula is C28H17ClF3IN2O5. The Kier molecular flexibility index (Phi) is 7.36. The lowest BCUT2D eigenvalue weighted by Gasteiger charge is -2.33. The second-order valence-corrected chi connectivity index (χ2v) is 10.5. The van der Waals surface area contributed by atoms with Gasteiger partial charge < -0.3 is 19.7 Å². The second-order valence-electron chi connectivity index (χ2n) is 8.87. The number of benzene rings is 3. The number of aliphatic carboxylic acids is 1. The Morgan fingerprint density at radius 2 is 1.75 bits per heavy atom. The monoisotopic (exact) mass is 680 g/mol. The molecule has 1 aliphatic rings. The molecule has 0 spiro atoms. The van der Waals surface area contributed by atoms with Gasteiger partial charge in [0.25, 0.3) is 11.8 Å². The molecule has 7 nitrogen and oxygen atoms in total. The Morgan fingerprint density at radius 3 is 2.42 bits per heavy atom. The van der Waals surface area contributed by atoms with E-state index in [0.29, 0.717) is 8.59 Å². The number of nitrogens with one attached hydrogen (secondary N) is 1. The highest BCUT2D eigenvalue weighted by Crippen LogP contribution is 2.40. The number of hydrogen-bond donors (Lipinski definition) is 2. The van der Waals surface area contributed by atoms with E-state index in [0.717, 1.165) is 17.0 Å². The van der Waals surface area contributed by atoms with Crippen molar-refractivity contribution in [2.45, 2.75) is 18.3 Å². The first-order valence-corrected chi connectivity index (χ1v) is 13.1. The number of furan rings is 1. The zero-order valence-corrected chi connectivity index (χ0v) is 23.0. The zero-order chi connectivity index (χ0) is 28.8. The molecule has 40 heavy (non-hydrogen) atoms. The van der Waals surface area contributed by atoms with Crippen LogP contribution in [-0.4, -0.2) is 27.8 Å². The van der Waals surface area contributed by atoms with Gasteiger partial charge in [0, 0.05) is 14.2 Å². The molecule has 2 amide bonds. The zero-order valence-electron chi connectivity index (χ0n) is 20.1. The summed E-state index contributed by atoms with van der Waals surface area (Å²) in [6.07, 6.45) is -4.59. The fourth-order valence-electron chi connectivity index (χ4n) is 4.49. The third-order valence-electron chi connectivity index (χ3n) is 6.30. The first kappa shape index (κ1) is 27.7. The summed E-state index contributed by atoms with van der Waals surface area (Å²) >= 11 is 7.98. The van der Waals surface area contributed by atoms with Crippen molar-refractivity contribution in [2.24, 2.45) is 0 Å². The van der Waals surface area contributed by atoms with Gasteiger partial charge in [-0.2, -0.15) is 13.2 Å². The van der Waals surface area contributed by atoms with E-state index in [9.17, 15) is 32.7 Å². The average Bonchev–Trinajstić information content (AvgIpc) is 3.35. The van der Waals surface area contributed by atoms with Crippen LogP contribution >= 0.6 is 34.2 Å². The van der Waals surface area contributed by atoms with E-state index in [1.54, 1.807) is 6.07 Å². The van der Waals surface area contributed by atoms with Gasteiger partial charge in [-0.1, -0.05) is 35.9 Å². The van der Waals surface area contributed by atoms with Gasteiger partial charge >= 0.3 is 12.1 Å². The summed E-state index contributed by atoms with van der Waals surface area (Å²) in [5, 5.41) is 13.3. The number of rotatable bonds is 5. The fourth-order valence-corrected chi connectivity index (χ4v) is 5.11. The van der Waals surface area contributed by atoms with Gasteiger partial charge in [0.2, 0.25) is 0 Å². The lowest BCUT2D eigenvalue weighted by molar-refractivity contribution is -0.144. The average molecular weight is 681 g/mol. The molecule has 2 heterocycles. The van der Waals surface area contributed by atoms with E-state index in [1.807, 2.05) is 22.6 Å². The Bertz CT molecular complexity index is 1640. The van der Waals surface area contributed by atoms with Crippen LogP contribution in [0.25, 0.3) is 11.3 Å². The van der Waals surface area contributed by atoms with E-state index in [-0.39, 0.29) is 33.9 Å². The van der Waals surface area contributed by atoms with Crippen molar-refractivity contribution in [3.05, 3.63) is 110 Å². The molecule has 3 aromatic carbocycles. The van der Waals surface area contributed by atoms with Gasteiger partial charge in [0.1, 0.15) is 11.5 Å². The van der Waals surface area contributed by atoms with Crippen LogP contribution in [0.5, 0.6) is 0 Å². The summed E-state index contributed by atoms with van der Waals surface area (Å²) in [5.41, 5.74) is -0.411. The molecular weight excluding hydrogens is 664 g/mol. The van der Waals surface area contributed by atoms with Crippen LogP contribution in [0, 0.1) is 3.57 Å². The second kappa shape index (κ2) is 10.6. The van der Waals surface area contributed by atoms with E-state index < -0.39 is 41.6 Å². The molecule has 1 aliphatic heterocycles. The minimum atomic E-state index is -4.59. The van der Waals surface area contributed by atoms with Crippen molar-refractivity contribution >= 4 is 57.7 Å². The quantitative estimate of drug-likeness (QED) is 0.218. The predicted octanol–water partition coefficient (Wildman–Crippen LogP) is 7.18. The minimum Gasteiger partial charge on any atom is -0.479 e. The summed E-state index contributed by atoms with van der Waals surface area (Å²) < 4.78 is 46.4. The standard InChI is InChI=1S/C28H17ClF3IN2O5/c29-17-6-4-14(5-7-17)23(27(38)39)35-24(25(36)34-20-9-8-18(33)13-19(20)26(35)37)22-11-10-21(40-22)15-2-1-3-16(12-15)28(30,31)32/h1-13,23-24H,(H,34,36)(H,38,39). The lowest BCUT2D eigenvalue weighted by atomic mass is 10.0. The minimum absolute atomic E-state index is 0.00373. The number of carboxylic acids is 1. The summed E-state index contributed by atoms with van der Waals surface area (Å²) in [6, 6.07) is 14.4. The van der Waals surface area contributed by atoms with Crippen molar-refractivity contribution in [3.8, 4) is 11.3 Å². The number of alkyl halides is 3. The van der Waals surface area contributed by atoms with Gasteiger partial charge in [-0.25, -0.2) is 4.79 Å². The van der Waals surface area contributed by atoms with Crippen LogP contribution in [0.2, 0.25) is 5.02 Å². The van der Waals surface area contributed by atoms with E-state index in [4.69, 9.17) is 16.0 Å². The molecule has 0 fully saturated rings. The molecule has 0 radical (unpaired) electrons. The van der Waals surface area contributed by atoms with Crippen molar-refractivity contribution in [2.75, 3.05) is 5.32 Å². The predicted molar refractivity (Wildman–Crippen MR) is 148 cm³/mol. The van der Waals surface area contributed by atoms with Crippen LogP contribution in [0.15, 0.2) is 83.3 Å². The molecule has 12 heteroatoms. The maximum Gasteiger partial charge on any atom is 0.416 e. The molecule has 5 rings (SSSR count). The molecule has 0 bridgehead atoms. The third-order valence-corrected chi connectivity index (χ3v) is 7.22. The maximum atomic E-state index is 14.0. The van der Waals surface area contributed by atoms with Gasteiger partial charge in [-0.15, -0.1) is 0 Å². The molecule has 2 N–H and O–H groups in total. The molecule has 4 aromatic rings. The van der Waals surface area contributed by atoms with Gasteiger partial charge in [0.05, 0.1) is 16.8 Å². The number of nitrogens with zero attached hydrogens (tertiary/aromatic N) is 1. The van der Waals surface area contributed by atoms with Crippen LogP contribution in [0.1, 0.15) is 39.3 Å². The highest BCUT2D eigenvalue weighted by Gasteiger charge is 2.45. The molecule has 2 unspecified atom stereocenters. The fraction of sp³-hybridized carbons (Fsp3) is 0.107. The topological polar surface area (TPSA) is 99.9 Å². The summed E-state index contributed by atoms with van der Waals surface area (Å²) in [7, 11) is 0. The van der Waals surface area contributed by atoms with Crippen LogP contribution < -0.4 is 5.32 Å². The number of fused-ring (bicyclic) bond motifs is 1. The SMILES string of the molecule is O=C(O)C(c1ccc(Cl)cc1)N1C(=O)c2cc(I)ccc2NC(=O)C1c1ccc(-c2cccc(C(F)(F)F)c2)o1. The molecule has 1 aromatic heterocycles. The lowest BCUT2D eigenvalue weighted by Crippen LogP contribution is -2.44. The first-order chi connectivity index (χ1) is 18.9. The number of amides is 2. The van der Waals surface area contributed by atoms with Crippen LogP contribution in [-0.2, 0) is 15.8 Å². The van der Waals surface area contributed by atoms with Gasteiger partial charge in [-0.3, -0.25) is 9.59 Å². The number of halogens is 5. The Balaban J connectivity index is 1.67. The van der Waals surface area contributed by atoms with Crippen LogP contribution in [0.4, 0.5) is 18.9 Å². The van der Waals surface area contributed by atoms with Crippen molar-refractivity contribution in [3.63, 3.8) is 0 Å². The number of hydrogen-bond acceptors (Lipinski definition) is 4. The Hall–Kier alpha value is -3.84. The summed E-state index contributed by atoms with van der Waals surface area (Å²) in [5.74, 6) is -3.10. The van der Waals surface area contributed by atoms with Crippen molar-refractivity contribution in [1.29, 1.82) is 0 Å². The highest BCUT2D eigenvalue weighted by molar-refractivity contribution is 14.1. The number of carbonyl (C=O) groups excluding carboxylic acids is 2. The Labute approximate surface area is 243 Å². The maximum absolute atomic E-state index is 14.0. The van der Waals surface area contributed by atoms with E-state index in [1.165, 1.54) is 60.7 Å². The van der Waals surface area contributed by atoms with Gasteiger partial charge in [-0.05, 0) is 82.8 Å². The molecule has 2 atom stereocenters. The Morgan fingerprint density at radius 1 is 1.02 bits per heavy atom. The van der Waals surface area contributed by atoms with E-state index in [2.05, 4.69) is 5.32 Å². The third kappa shape index (κ3) is 5.30.